The van der Waals surface area contributed by atoms with Gasteiger partial charge in [-0.25, -0.2) is 4.98 Å². The van der Waals surface area contributed by atoms with Crippen molar-refractivity contribution in [3.05, 3.63) is 36.2 Å². The molecule has 0 bridgehead atoms. The molecule has 1 heterocycles. The van der Waals surface area contributed by atoms with Crippen LogP contribution in [-0.2, 0) is 4.74 Å². The third kappa shape index (κ3) is 2.59. The Morgan fingerprint density at radius 2 is 2.07 bits per heavy atom. The van der Waals surface area contributed by atoms with Crippen LogP contribution in [0.5, 0.6) is 0 Å². The summed E-state index contributed by atoms with van der Waals surface area (Å²) in [6.07, 6.45) is -5.77. The largest absolute Gasteiger partial charge is 0.418 e. The maximum Gasteiger partial charge on any atom is 0.418 e. The lowest BCUT2D eigenvalue weighted by Gasteiger charge is -2.17. The molecule has 1 aromatic rings. The fraction of sp³-hybridized carbons (Fsp3) is 0.250. The molecule has 0 saturated carbocycles. The van der Waals surface area contributed by atoms with Crippen LogP contribution < -0.4 is 0 Å². The van der Waals surface area contributed by atoms with Crippen LogP contribution in [0.3, 0.4) is 0 Å². The molecule has 14 heavy (non-hydrogen) atoms. The molecule has 1 unspecified atom stereocenters. The van der Waals surface area contributed by atoms with Gasteiger partial charge in [-0.2, -0.15) is 13.2 Å². The minimum atomic E-state index is -4.57. The topological polar surface area (TPSA) is 22.1 Å². The number of nitrogens with zero attached hydrogens (tertiary/aromatic N) is 1. The summed E-state index contributed by atoms with van der Waals surface area (Å²) in [6, 6.07) is 2.38. The Balaban J connectivity index is 2.96. The van der Waals surface area contributed by atoms with Crippen LogP contribution >= 0.6 is 11.6 Å². The minimum Gasteiger partial charge on any atom is -0.355 e. The third-order valence-corrected chi connectivity index (χ3v) is 1.71. The fourth-order valence-electron chi connectivity index (χ4n) is 0.887. The first kappa shape index (κ1) is 11.3. The van der Waals surface area contributed by atoms with E-state index >= 15 is 0 Å². The van der Waals surface area contributed by atoms with E-state index in [1.807, 2.05) is 0 Å². The standard InChI is InChI=1S/C8H5ClF3NO/c1-14-7(8(10,11)12)5-2-3-6(9)13-4-5/h1-4,7H. The number of rotatable bonds is 2. The normalized spacial score (nSPS) is 14.1. The number of pyridine rings is 1. The first-order chi connectivity index (χ1) is 6.45. The zero-order valence-electron chi connectivity index (χ0n) is 6.75. The number of ether oxygens (including phenoxy) is 1. The van der Waals surface area contributed by atoms with Crippen LogP contribution in [0.2, 0.25) is 5.15 Å². The van der Waals surface area contributed by atoms with Crippen LogP contribution in [0, 0.1) is 7.11 Å². The Hall–Kier alpha value is -0.810. The number of aromatic nitrogens is 1. The number of alkyl halides is 3. The smallest absolute Gasteiger partial charge is 0.355 e. The van der Waals surface area contributed by atoms with E-state index in [0.717, 1.165) is 12.3 Å². The quantitative estimate of drug-likeness (QED) is 0.719. The Morgan fingerprint density at radius 1 is 1.43 bits per heavy atom. The van der Waals surface area contributed by atoms with Gasteiger partial charge < -0.3 is 4.74 Å². The highest BCUT2D eigenvalue weighted by Gasteiger charge is 2.41. The van der Waals surface area contributed by atoms with E-state index < -0.39 is 12.3 Å². The molecular weight excluding hydrogens is 219 g/mol. The molecule has 2 nitrogen and oxygen atoms in total. The lowest BCUT2D eigenvalue weighted by Crippen LogP contribution is -2.21. The van der Waals surface area contributed by atoms with Crippen molar-refractivity contribution < 1.29 is 17.9 Å². The molecule has 1 atom stereocenters. The second-order valence-electron chi connectivity index (χ2n) is 2.47. The number of hydrogen-bond donors (Lipinski definition) is 0. The van der Waals surface area contributed by atoms with Gasteiger partial charge in [-0.3, -0.25) is 0 Å². The van der Waals surface area contributed by atoms with Gasteiger partial charge in [-0.05, 0) is 6.07 Å². The molecule has 1 rings (SSSR count). The van der Waals surface area contributed by atoms with Gasteiger partial charge in [0.2, 0.25) is 0 Å². The molecule has 0 amide bonds. The highest BCUT2D eigenvalue weighted by Crippen LogP contribution is 2.35. The van der Waals surface area contributed by atoms with Crippen molar-refractivity contribution in [3.8, 4) is 0 Å². The molecule has 0 aliphatic rings. The molecular formula is C8H5ClF3NO. The third-order valence-electron chi connectivity index (χ3n) is 1.49. The SMILES string of the molecule is [CH]OC(c1ccc(Cl)nc1)C(F)(F)F. The van der Waals surface area contributed by atoms with Crippen molar-refractivity contribution in [2.24, 2.45) is 0 Å². The summed E-state index contributed by atoms with van der Waals surface area (Å²) in [4.78, 5) is 3.49. The average molecular weight is 224 g/mol. The van der Waals surface area contributed by atoms with Crippen molar-refractivity contribution in [2.45, 2.75) is 12.3 Å². The van der Waals surface area contributed by atoms with Crippen LogP contribution in [0.1, 0.15) is 11.7 Å². The zero-order chi connectivity index (χ0) is 10.8. The molecule has 2 radical (unpaired) electrons. The Morgan fingerprint density at radius 3 is 2.43 bits per heavy atom. The van der Waals surface area contributed by atoms with E-state index in [-0.39, 0.29) is 10.7 Å². The van der Waals surface area contributed by atoms with Gasteiger partial charge in [0.1, 0.15) is 12.3 Å². The van der Waals surface area contributed by atoms with Crippen LogP contribution in [0.4, 0.5) is 13.2 Å². The van der Waals surface area contributed by atoms with Crippen molar-refractivity contribution in [2.75, 3.05) is 0 Å². The minimum absolute atomic E-state index is 0.103. The van der Waals surface area contributed by atoms with E-state index in [9.17, 15) is 13.2 Å². The molecule has 0 spiro atoms. The lowest BCUT2D eigenvalue weighted by atomic mass is 10.1. The molecule has 0 aliphatic heterocycles. The van der Waals surface area contributed by atoms with Gasteiger partial charge in [-0.1, -0.05) is 17.7 Å². The summed E-state index contributed by atoms with van der Waals surface area (Å²) in [7, 11) is 4.55. The molecule has 76 valence electrons. The van der Waals surface area contributed by atoms with E-state index in [0.29, 0.717) is 0 Å². The first-order valence-electron chi connectivity index (χ1n) is 3.49. The average Bonchev–Trinajstić information content (AvgIpc) is 2.07. The summed E-state index contributed by atoms with van der Waals surface area (Å²) in [6.45, 7) is 0. The maximum atomic E-state index is 12.2. The predicted molar refractivity (Wildman–Crippen MR) is 43.4 cm³/mol. The summed E-state index contributed by atoms with van der Waals surface area (Å²) in [5.74, 6) is 0. The van der Waals surface area contributed by atoms with E-state index in [2.05, 4.69) is 16.8 Å². The maximum absolute atomic E-state index is 12.2. The van der Waals surface area contributed by atoms with Gasteiger partial charge in [-0.15, -0.1) is 0 Å². The molecule has 0 saturated heterocycles. The first-order valence-corrected chi connectivity index (χ1v) is 3.86. The van der Waals surface area contributed by atoms with Crippen LogP contribution in [0.25, 0.3) is 0 Å². The predicted octanol–water partition coefficient (Wildman–Crippen LogP) is 3.02. The Bertz CT molecular complexity index is 298. The van der Waals surface area contributed by atoms with E-state index in [1.165, 1.54) is 6.07 Å². The summed E-state index contributed by atoms with van der Waals surface area (Å²) in [5, 5.41) is 0.103. The van der Waals surface area contributed by atoms with Crippen molar-refractivity contribution in [3.63, 3.8) is 0 Å². The Labute approximate surface area is 83.7 Å². The molecule has 0 fully saturated rings. The summed E-state index contributed by atoms with van der Waals surface area (Å²) < 4.78 is 40.6. The van der Waals surface area contributed by atoms with Crippen LogP contribution in [0.15, 0.2) is 18.3 Å². The van der Waals surface area contributed by atoms with Crippen LogP contribution in [-0.4, -0.2) is 11.2 Å². The molecule has 0 aromatic carbocycles. The molecule has 6 heteroatoms. The van der Waals surface area contributed by atoms with Gasteiger partial charge >= 0.3 is 6.18 Å². The number of halogens is 4. The van der Waals surface area contributed by atoms with E-state index in [4.69, 9.17) is 11.6 Å². The fourth-order valence-corrected chi connectivity index (χ4v) is 0.999. The van der Waals surface area contributed by atoms with Crippen molar-refractivity contribution in [1.29, 1.82) is 0 Å². The number of hydrogen-bond acceptors (Lipinski definition) is 2. The second kappa shape index (κ2) is 4.14. The molecule has 1 aromatic heterocycles. The highest BCUT2D eigenvalue weighted by molar-refractivity contribution is 6.29. The van der Waals surface area contributed by atoms with Gasteiger partial charge in [0.05, 0.1) is 0 Å². The monoisotopic (exact) mass is 223 g/mol. The summed E-state index contributed by atoms with van der Waals surface area (Å²) in [5.41, 5.74) is -0.190. The summed E-state index contributed by atoms with van der Waals surface area (Å²) >= 11 is 5.41. The van der Waals surface area contributed by atoms with E-state index in [1.54, 1.807) is 0 Å². The zero-order valence-corrected chi connectivity index (χ0v) is 7.51. The van der Waals surface area contributed by atoms with Crippen molar-refractivity contribution >= 4 is 11.6 Å². The highest BCUT2D eigenvalue weighted by atomic mass is 35.5. The second-order valence-corrected chi connectivity index (χ2v) is 2.86. The Kier molecular flexibility index (Phi) is 3.34. The van der Waals surface area contributed by atoms with Gasteiger partial charge in [0, 0.05) is 11.8 Å². The van der Waals surface area contributed by atoms with Gasteiger partial charge in [0.25, 0.3) is 0 Å². The lowest BCUT2D eigenvalue weighted by molar-refractivity contribution is -0.210. The van der Waals surface area contributed by atoms with Crippen molar-refractivity contribution in [1.82, 2.24) is 4.98 Å². The molecule has 0 aliphatic carbocycles. The molecule has 0 N–H and O–H groups in total. The van der Waals surface area contributed by atoms with Gasteiger partial charge in [0.15, 0.2) is 6.10 Å².